The van der Waals surface area contributed by atoms with Gasteiger partial charge in [0.15, 0.2) is 0 Å². The van der Waals surface area contributed by atoms with Gasteiger partial charge < -0.3 is 9.72 Å². The fraction of sp³-hybridized carbons (Fsp3) is 0.167. The van der Waals surface area contributed by atoms with Crippen LogP contribution in [-0.2, 0) is 0 Å². The SMILES string of the molecule is FC(F)Oc1c[c-]cnc1.[K+]. The molecular weight excluding hydrogens is 179 g/mol. The van der Waals surface area contributed by atoms with E-state index in [1.807, 2.05) is 0 Å². The molecule has 2 nitrogen and oxygen atoms in total. The molecule has 0 aromatic carbocycles. The van der Waals surface area contributed by atoms with Crippen LogP contribution in [0.25, 0.3) is 0 Å². The van der Waals surface area contributed by atoms with Gasteiger partial charge in [0.25, 0.3) is 0 Å². The van der Waals surface area contributed by atoms with E-state index in [-0.39, 0.29) is 57.1 Å². The summed E-state index contributed by atoms with van der Waals surface area (Å²) in [6, 6.07) is 3.79. The van der Waals surface area contributed by atoms with Gasteiger partial charge in [0.2, 0.25) is 0 Å². The van der Waals surface area contributed by atoms with Gasteiger partial charge >= 0.3 is 58.0 Å². The number of ether oxygens (including phenoxy) is 1. The molecule has 0 saturated carbocycles. The van der Waals surface area contributed by atoms with Gasteiger partial charge in [-0.05, 0) is 11.9 Å². The standard InChI is InChI=1S/C6H4F2NO.K/c7-6(8)10-5-2-1-3-9-4-5;/h2-4,6H;/q-1;+1. The molecule has 5 heteroatoms. The molecule has 0 fully saturated rings. The molecule has 1 aromatic rings. The minimum atomic E-state index is -2.79. The Kier molecular flexibility index (Phi) is 6.26. The molecule has 1 rings (SSSR count). The third-order valence-corrected chi connectivity index (χ3v) is 0.802. The second-order valence-electron chi connectivity index (χ2n) is 1.50. The average Bonchev–Trinajstić information content (AvgIpc) is 1.88. The van der Waals surface area contributed by atoms with Gasteiger partial charge in [-0.25, -0.2) is 6.07 Å². The molecule has 0 aliphatic carbocycles. The van der Waals surface area contributed by atoms with E-state index in [4.69, 9.17) is 0 Å². The van der Waals surface area contributed by atoms with E-state index in [9.17, 15) is 8.78 Å². The van der Waals surface area contributed by atoms with Crippen molar-refractivity contribution in [3.63, 3.8) is 0 Å². The quantitative estimate of drug-likeness (QED) is 0.411. The van der Waals surface area contributed by atoms with Gasteiger partial charge in [-0.3, -0.25) is 0 Å². The summed E-state index contributed by atoms with van der Waals surface area (Å²) >= 11 is 0. The zero-order valence-corrected chi connectivity index (χ0v) is 9.04. The van der Waals surface area contributed by atoms with E-state index in [0.29, 0.717) is 0 Å². The molecule has 0 bridgehead atoms. The van der Waals surface area contributed by atoms with E-state index < -0.39 is 6.61 Å². The maximum Gasteiger partial charge on any atom is 1.00 e. The normalized spacial score (nSPS) is 9.00. The van der Waals surface area contributed by atoms with Crippen molar-refractivity contribution in [2.24, 2.45) is 0 Å². The zero-order valence-electron chi connectivity index (χ0n) is 5.92. The predicted molar refractivity (Wildman–Crippen MR) is 29.7 cm³/mol. The Morgan fingerprint density at radius 1 is 1.55 bits per heavy atom. The van der Waals surface area contributed by atoms with Crippen LogP contribution in [0, 0.1) is 6.07 Å². The first kappa shape index (κ1) is 11.4. The van der Waals surface area contributed by atoms with Crippen molar-refractivity contribution in [1.29, 1.82) is 0 Å². The molecule has 1 heterocycles. The van der Waals surface area contributed by atoms with Crippen LogP contribution in [0.4, 0.5) is 8.78 Å². The molecular formula is C6H4F2KNO. The molecule has 1 aromatic heterocycles. The summed E-state index contributed by atoms with van der Waals surface area (Å²) in [5.41, 5.74) is 0. The minimum absolute atomic E-state index is 0. The summed E-state index contributed by atoms with van der Waals surface area (Å²) in [6.45, 7) is -2.79. The van der Waals surface area contributed by atoms with Crippen LogP contribution in [0.15, 0.2) is 18.5 Å². The summed E-state index contributed by atoms with van der Waals surface area (Å²) in [7, 11) is 0. The van der Waals surface area contributed by atoms with E-state index in [1.165, 1.54) is 18.5 Å². The second kappa shape index (κ2) is 6.02. The molecule has 0 atom stereocenters. The van der Waals surface area contributed by atoms with Crippen molar-refractivity contribution < 1.29 is 64.9 Å². The third-order valence-electron chi connectivity index (χ3n) is 0.802. The van der Waals surface area contributed by atoms with Gasteiger partial charge in [-0.1, -0.05) is 6.20 Å². The molecule has 0 aliphatic rings. The number of halogens is 2. The van der Waals surface area contributed by atoms with Crippen molar-refractivity contribution in [2.75, 3.05) is 0 Å². The van der Waals surface area contributed by atoms with E-state index in [0.717, 1.165) is 0 Å². The van der Waals surface area contributed by atoms with Crippen LogP contribution in [0.5, 0.6) is 5.75 Å². The summed E-state index contributed by atoms with van der Waals surface area (Å²) in [4.78, 5) is 3.52. The first-order valence-corrected chi connectivity index (χ1v) is 2.55. The number of alkyl halides is 2. The summed E-state index contributed by atoms with van der Waals surface area (Å²) in [5, 5.41) is 0. The topological polar surface area (TPSA) is 22.1 Å². The van der Waals surface area contributed by atoms with Gasteiger partial charge in [0, 0.05) is 0 Å². The van der Waals surface area contributed by atoms with E-state index in [2.05, 4.69) is 15.8 Å². The first-order chi connectivity index (χ1) is 4.79. The zero-order chi connectivity index (χ0) is 7.40. The average molecular weight is 183 g/mol. The molecule has 11 heavy (non-hydrogen) atoms. The van der Waals surface area contributed by atoms with Crippen molar-refractivity contribution in [3.05, 3.63) is 24.5 Å². The van der Waals surface area contributed by atoms with Crippen LogP contribution < -0.4 is 56.1 Å². The Bertz CT molecular complexity index is 195. The maximum absolute atomic E-state index is 11.5. The monoisotopic (exact) mass is 183 g/mol. The molecule has 0 spiro atoms. The van der Waals surface area contributed by atoms with Crippen molar-refractivity contribution in [3.8, 4) is 5.75 Å². The predicted octanol–water partition coefficient (Wildman–Crippen LogP) is -1.51. The summed E-state index contributed by atoms with van der Waals surface area (Å²) < 4.78 is 26.9. The van der Waals surface area contributed by atoms with Crippen molar-refractivity contribution in [2.45, 2.75) is 6.61 Å². The first-order valence-electron chi connectivity index (χ1n) is 2.55. The summed E-state index contributed by atoms with van der Waals surface area (Å²) in [5.74, 6) is 0.0255. The van der Waals surface area contributed by atoms with Gasteiger partial charge in [0.05, 0.1) is 0 Å². The van der Waals surface area contributed by atoms with Gasteiger partial charge in [-0.15, -0.1) is 0 Å². The van der Waals surface area contributed by atoms with Crippen molar-refractivity contribution >= 4 is 0 Å². The Morgan fingerprint density at radius 2 is 2.27 bits per heavy atom. The van der Waals surface area contributed by atoms with Crippen LogP contribution in [0.2, 0.25) is 0 Å². The van der Waals surface area contributed by atoms with Crippen LogP contribution >= 0.6 is 0 Å². The van der Waals surface area contributed by atoms with Crippen LogP contribution in [0.1, 0.15) is 0 Å². The van der Waals surface area contributed by atoms with E-state index in [1.54, 1.807) is 0 Å². The number of aromatic nitrogens is 1. The van der Waals surface area contributed by atoms with Crippen molar-refractivity contribution in [1.82, 2.24) is 4.98 Å². The Hall–Kier alpha value is 0.446. The van der Waals surface area contributed by atoms with Gasteiger partial charge in [-0.2, -0.15) is 14.8 Å². The maximum atomic E-state index is 11.5. The molecule has 54 valence electrons. The smallest absolute Gasteiger partial charge is 0.527 e. The van der Waals surface area contributed by atoms with E-state index >= 15 is 0 Å². The van der Waals surface area contributed by atoms with Gasteiger partial charge in [0.1, 0.15) is 0 Å². The number of hydrogen-bond acceptors (Lipinski definition) is 2. The molecule has 0 aliphatic heterocycles. The molecule has 0 amide bonds. The van der Waals surface area contributed by atoms with Crippen LogP contribution in [0.3, 0.4) is 0 Å². The second-order valence-corrected chi connectivity index (χ2v) is 1.50. The molecule has 0 radical (unpaired) electrons. The number of rotatable bonds is 2. The summed E-state index contributed by atoms with van der Waals surface area (Å²) in [6.07, 6.45) is 2.56. The minimum Gasteiger partial charge on any atom is -0.527 e. The Morgan fingerprint density at radius 3 is 2.73 bits per heavy atom. The fourth-order valence-corrected chi connectivity index (χ4v) is 0.478. The largest absolute Gasteiger partial charge is 1.00 e. The number of nitrogens with zero attached hydrogens (tertiary/aromatic N) is 1. The third kappa shape index (κ3) is 4.81. The van der Waals surface area contributed by atoms with Crippen LogP contribution in [-0.4, -0.2) is 11.6 Å². The number of hydrogen-bond donors (Lipinski definition) is 0. The number of pyridine rings is 1. The fourth-order valence-electron chi connectivity index (χ4n) is 0.478. The molecule has 0 unspecified atom stereocenters. The molecule has 0 saturated heterocycles. The molecule has 0 N–H and O–H groups in total. The Labute approximate surface area is 105 Å². The Balaban J connectivity index is 0.000001000.